The van der Waals surface area contributed by atoms with E-state index in [1.807, 2.05) is 6.92 Å². The number of imide groups is 1. The summed E-state index contributed by atoms with van der Waals surface area (Å²) in [5.74, 6) is 1.47. The molecule has 1 heterocycles. The van der Waals surface area contributed by atoms with Crippen molar-refractivity contribution in [3.8, 4) is 0 Å². The molecule has 1 unspecified atom stereocenters. The highest BCUT2D eigenvalue weighted by Gasteiger charge is 2.38. The molecule has 1 aliphatic heterocycles. The average Bonchev–Trinajstić information content (AvgIpc) is 2.59. The van der Waals surface area contributed by atoms with Crippen molar-refractivity contribution in [1.29, 1.82) is 0 Å². The SMILES string of the molecule is CCC1CC(=O)N(CC2CCC(C)CC2)C1=O. The third kappa shape index (κ3) is 2.70. The van der Waals surface area contributed by atoms with Gasteiger partial charge in [-0.1, -0.05) is 26.7 Å². The molecule has 0 aromatic rings. The molecule has 3 nitrogen and oxygen atoms in total. The molecule has 0 aromatic carbocycles. The fraction of sp³-hybridized carbons (Fsp3) is 0.857. The van der Waals surface area contributed by atoms with E-state index in [9.17, 15) is 9.59 Å². The van der Waals surface area contributed by atoms with Crippen molar-refractivity contribution in [2.75, 3.05) is 6.54 Å². The molecule has 0 bridgehead atoms. The Hall–Kier alpha value is -0.860. The lowest BCUT2D eigenvalue weighted by Crippen LogP contribution is -2.36. The van der Waals surface area contributed by atoms with Crippen LogP contribution in [0, 0.1) is 17.8 Å². The van der Waals surface area contributed by atoms with Crippen LogP contribution < -0.4 is 0 Å². The number of hydrogen-bond donors (Lipinski definition) is 0. The van der Waals surface area contributed by atoms with Crippen LogP contribution in [0.1, 0.15) is 52.4 Å². The molecular formula is C14H23NO2. The standard InChI is InChI=1S/C14H23NO2/c1-3-12-8-13(16)15(14(12)17)9-11-6-4-10(2)5-7-11/h10-12H,3-9H2,1-2H3. The number of likely N-dealkylation sites (tertiary alicyclic amines) is 1. The van der Waals surface area contributed by atoms with Crippen molar-refractivity contribution in [2.45, 2.75) is 52.4 Å². The second-order valence-corrected chi connectivity index (χ2v) is 5.78. The predicted molar refractivity (Wildman–Crippen MR) is 66.2 cm³/mol. The van der Waals surface area contributed by atoms with Crippen molar-refractivity contribution in [3.63, 3.8) is 0 Å². The summed E-state index contributed by atoms with van der Waals surface area (Å²) in [7, 11) is 0. The number of rotatable bonds is 3. The van der Waals surface area contributed by atoms with Gasteiger partial charge in [-0.2, -0.15) is 0 Å². The van der Waals surface area contributed by atoms with Crippen LogP contribution in [-0.4, -0.2) is 23.3 Å². The molecule has 0 N–H and O–H groups in total. The van der Waals surface area contributed by atoms with Crippen LogP contribution in [0.25, 0.3) is 0 Å². The maximum absolute atomic E-state index is 12.0. The minimum absolute atomic E-state index is 0.0370. The Kier molecular flexibility index (Phi) is 3.85. The maximum Gasteiger partial charge on any atom is 0.232 e. The Morgan fingerprint density at radius 2 is 1.82 bits per heavy atom. The number of carbonyl (C=O) groups excluding carboxylic acids is 2. The van der Waals surface area contributed by atoms with Crippen molar-refractivity contribution in [1.82, 2.24) is 4.90 Å². The summed E-state index contributed by atoms with van der Waals surface area (Å²) in [5.41, 5.74) is 0. The van der Waals surface area contributed by atoms with Crippen LogP contribution >= 0.6 is 0 Å². The first kappa shape index (κ1) is 12.6. The van der Waals surface area contributed by atoms with Gasteiger partial charge in [0, 0.05) is 18.9 Å². The average molecular weight is 237 g/mol. The molecule has 3 heteroatoms. The lowest BCUT2D eigenvalue weighted by atomic mass is 9.83. The molecule has 1 saturated heterocycles. The first-order valence-corrected chi connectivity index (χ1v) is 6.96. The van der Waals surface area contributed by atoms with E-state index in [1.54, 1.807) is 0 Å². The van der Waals surface area contributed by atoms with Gasteiger partial charge in [0.05, 0.1) is 0 Å². The van der Waals surface area contributed by atoms with Crippen LogP contribution in [0.5, 0.6) is 0 Å². The first-order valence-electron chi connectivity index (χ1n) is 6.96. The number of hydrogen-bond acceptors (Lipinski definition) is 2. The summed E-state index contributed by atoms with van der Waals surface area (Å²) in [5, 5.41) is 0. The quantitative estimate of drug-likeness (QED) is 0.707. The van der Waals surface area contributed by atoms with E-state index >= 15 is 0 Å². The van der Waals surface area contributed by atoms with E-state index in [2.05, 4.69) is 6.92 Å². The summed E-state index contributed by atoms with van der Waals surface area (Å²) in [4.78, 5) is 25.3. The zero-order valence-corrected chi connectivity index (χ0v) is 10.9. The highest BCUT2D eigenvalue weighted by Crippen LogP contribution is 2.31. The van der Waals surface area contributed by atoms with Crippen LogP contribution in [0.4, 0.5) is 0 Å². The Bertz CT molecular complexity index is 305. The van der Waals surface area contributed by atoms with E-state index < -0.39 is 0 Å². The summed E-state index contributed by atoms with van der Waals surface area (Å²) < 4.78 is 0. The normalized spacial score (nSPS) is 34.5. The fourth-order valence-electron chi connectivity index (χ4n) is 3.03. The molecule has 1 atom stereocenters. The van der Waals surface area contributed by atoms with E-state index in [-0.39, 0.29) is 17.7 Å². The molecule has 2 fully saturated rings. The van der Waals surface area contributed by atoms with E-state index in [1.165, 1.54) is 30.6 Å². The van der Waals surface area contributed by atoms with Gasteiger partial charge >= 0.3 is 0 Å². The number of amides is 2. The zero-order valence-electron chi connectivity index (χ0n) is 10.9. The molecule has 1 saturated carbocycles. The third-order valence-electron chi connectivity index (χ3n) is 4.41. The Balaban J connectivity index is 1.90. The number of carbonyl (C=O) groups is 2. The van der Waals surface area contributed by atoms with E-state index in [4.69, 9.17) is 0 Å². The van der Waals surface area contributed by atoms with Crippen LogP contribution in [0.15, 0.2) is 0 Å². The fourth-order valence-corrected chi connectivity index (χ4v) is 3.03. The molecule has 1 aliphatic carbocycles. The van der Waals surface area contributed by atoms with Crippen molar-refractivity contribution < 1.29 is 9.59 Å². The second-order valence-electron chi connectivity index (χ2n) is 5.78. The molecule has 2 rings (SSSR count). The Morgan fingerprint density at radius 3 is 2.35 bits per heavy atom. The minimum Gasteiger partial charge on any atom is -0.282 e. The van der Waals surface area contributed by atoms with Crippen molar-refractivity contribution >= 4 is 11.8 Å². The van der Waals surface area contributed by atoms with Crippen LogP contribution in [-0.2, 0) is 9.59 Å². The van der Waals surface area contributed by atoms with Gasteiger partial charge in [0.25, 0.3) is 0 Å². The lowest BCUT2D eigenvalue weighted by Gasteiger charge is -2.29. The molecular weight excluding hydrogens is 214 g/mol. The summed E-state index contributed by atoms with van der Waals surface area (Å²) >= 11 is 0. The number of nitrogens with zero attached hydrogens (tertiary/aromatic N) is 1. The van der Waals surface area contributed by atoms with E-state index in [0.717, 1.165) is 12.3 Å². The largest absolute Gasteiger partial charge is 0.282 e. The molecule has 2 aliphatic rings. The van der Waals surface area contributed by atoms with Gasteiger partial charge in [0.2, 0.25) is 11.8 Å². The highest BCUT2D eigenvalue weighted by atomic mass is 16.2. The predicted octanol–water partition coefficient (Wildman–Crippen LogP) is 2.60. The van der Waals surface area contributed by atoms with Gasteiger partial charge in [-0.05, 0) is 31.1 Å². The maximum atomic E-state index is 12.0. The molecule has 96 valence electrons. The van der Waals surface area contributed by atoms with Crippen molar-refractivity contribution in [3.05, 3.63) is 0 Å². The van der Waals surface area contributed by atoms with Crippen LogP contribution in [0.2, 0.25) is 0 Å². The molecule has 17 heavy (non-hydrogen) atoms. The monoisotopic (exact) mass is 237 g/mol. The van der Waals surface area contributed by atoms with Crippen molar-refractivity contribution in [2.24, 2.45) is 17.8 Å². The summed E-state index contributed by atoms with van der Waals surface area (Å²) in [6, 6.07) is 0. The third-order valence-corrected chi connectivity index (χ3v) is 4.41. The second kappa shape index (κ2) is 5.19. The Labute approximate surface area is 104 Å². The minimum atomic E-state index is -0.0370. The van der Waals surface area contributed by atoms with Gasteiger partial charge in [-0.3, -0.25) is 14.5 Å². The van der Waals surface area contributed by atoms with E-state index in [0.29, 0.717) is 18.9 Å². The molecule has 0 radical (unpaired) electrons. The molecule has 0 spiro atoms. The van der Waals surface area contributed by atoms with Gasteiger partial charge < -0.3 is 0 Å². The van der Waals surface area contributed by atoms with Gasteiger partial charge in [-0.25, -0.2) is 0 Å². The van der Waals surface area contributed by atoms with Gasteiger partial charge in [0.15, 0.2) is 0 Å². The lowest BCUT2D eigenvalue weighted by molar-refractivity contribution is -0.140. The Morgan fingerprint density at radius 1 is 1.18 bits per heavy atom. The van der Waals surface area contributed by atoms with Gasteiger partial charge in [-0.15, -0.1) is 0 Å². The summed E-state index contributed by atoms with van der Waals surface area (Å²) in [6.07, 6.45) is 6.08. The zero-order chi connectivity index (χ0) is 12.4. The topological polar surface area (TPSA) is 37.4 Å². The van der Waals surface area contributed by atoms with Gasteiger partial charge in [0.1, 0.15) is 0 Å². The summed E-state index contributed by atoms with van der Waals surface area (Å²) in [6.45, 7) is 4.96. The highest BCUT2D eigenvalue weighted by molar-refractivity contribution is 6.03. The molecule has 0 aromatic heterocycles. The van der Waals surface area contributed by atoms with Crippen LogP contribution in [0.3, 0.4) is 0 Å². The molecule has 2 amide bonds. The first-order chi connectivity index (χ1) is 8.11. The smallest absolute Gasteiger partial charge is 0.232 e.